The van der Waals surface area contributed by atoms with E-state index in [0.29, 0.717) is 31.5 Å². The van der Waals surface area contributed by atoms with Crippen molar-refractivity contribution >= 4 is 15.9 Å². The molecule has 2 rings (SSSR count). The summed E-state index contributed by atoms with van der Waals surface area (Å²) < 4.78 is 40.2. The largest absolute Gasteiger partial charge is 0.346 e. The highest BCUT2D eigenvalue weighted by atomic mass is 32.2. The monoisotopic (exact) mass is 370 g/mol. The van der Waals surface area contributed by atoms with Crippen LogP contribution in [-0.4, -0.2) is 50.2 Å². The quantitative estimate of drug-likeness (QED) is 0.774. The third kappa shape index (κ3) is 4.58. The van der Waals surface area contributed by atoms with Crippen molar-refractivity contribution in [3.63, 3.8) is 0 Å². The lowest BCUT2D eigenvalue weighted by atomic mass is 9.96. The van der Waals surface area contributed by atoms with Crippen LogP contribution in [0.3, 0.4) is 0 Å². The Bertz CT molecular complexity index is 713. The van der Waals surface area contributed by atoms with E-state index in [1.807, 2.05) is 7.05 Å². The number of unbranched alkanes of at least 4 members (excludes halogenated alkanes) is 1. The second-order valence-electron chi connectivity index (χ2n) is 6.70. The zero-order valence-corrected chi connectivity index (χ0v) is 16.0. The van der Waals surface area contributed by atoms with E-state index in [1.54, 1.807) is 11.8 Å². The highest BCUT2D eigenvalue weighted by Crippen LogP contribution is 2.26. The average molecular weight is 370 g/mol. The van der Waals surface area contributed by atoms with Gasteiger partial charge in [-0.2, -0.15) is 4.31 Å². The van der Waals surface area contributed by atoms with Gasteiger partial charge in [0.05, 0.1) is 4.90 Å². The van der Waals surface area contributed by atoms with Gasteiger partial charge in [0.25, 0.3) is 0 Å². The number of carbonyl (C=O) groups is 1. The van der Waals surface area contributed by atoms with Gasteiger partial charge in [-0.1, -0.05) is 13.3 Å². The van der Waals surface area contributed by atoms with Crippen molar-refractivity contribution in [1.82, 2.24) is 9.21 Å². The normalized spacial score (nSPS) is 16.8. The number of sulfonamides is 1. The summed E-state index contributed by atoms with van der Waals surface area (Å²) in [5, 5.41) is 0. The number of rotatable bonds is 6. The topological polar surface area (TPSA) is 57.7 Å². The fraction of sp³-hybridized carbons (Fsp3) is 0.611. The number of carbonyl (C=O) groups excluding carboxylic acids is 1. The fourth-order valence-electron chi connectivity index (χ4n) is 3.09. The molecule has 1 aromatic carbocycles. The maximum Gasteiger partial charge on any atom is 0.243 e. The number of benzene rings is 1. The predicted octanol–water partition coefficient (Wildman–Crippen LogP) is 2.79. The molecule has 1 saturated heterocycles. The first-order chi connectivity index (χ1) is 11.8. The van der Waals surface area contributed by atoms with Gasteiger partial charge in [-0.25, -0.2) is 12.8 Å². The van der Waals surface area contributed by atoms with Crippen molar-refractivity contribution in [3.05, 3.63) is 29.6 Å². The summed E-state index contributed by atoms with van der Waals surface area (Å²) in [7, 11) is -1.84. The van der Waals surface area contributed by atoms with E-state index in [4.69, 9.17) is 0 Å². The Kier molecular flexibility index (Phi) is 6.57. The maximum atomic E-state index is 13.4. The summed E-state index contributed by atoms with van der Waals surface area (Å²) in [6.07, 6.45) is 3.05. The van der Waals surface area contributed by atoms with Crippen LogP contribution in [0, 0.1) is 18.7 Å². The Hall–Kier alpha value is -1.47. The lowest BCUT2D eigenvalue weighted by molar-refractivity contribution is -0.135. The molecule has 7 heteroatoms. The summed E-state index contributed by atoms with van der Waals surface area (Å²) >= 11 is 0. The van der Waals surface area contributed by atoms with Crippen molar-refractivity contribution in [1.29, 1.82) is 0 Å². The van der Waals surface area contributed by atoms with E-state index in [2.05, 4.69) is 6.92 Å². The molecule has 1 heterocycles. The van der Waals surface area contributed by atoms with E-state index < -0.39 is 15.8 Å². The molecule has 1 aromatic rings. The Morgan fingerprint density at radius 2 is 1.96 bits per heavy atom. The molecule has 0 radical (unpaired) electrons. The van der Waals surface area contributed by atoms with E-state index in [9.17, 15) is 17.6 Å². The lowest BCUT2D eigenvalue weighted by Gasteiger charge is -2.32. The van der Waals surface area contributed by atoms with Crippen molar-refractivity contribution in [2.75, 3.05) is 26.7 Å². The molecule has 0 aliphatic carbocycles. The molecule has 1 aliphatic heterocycles. The summed E-state index contributed by atoms with van der Waals surface area (Å²) in [6.45, 7) is 5.00. The molecule has 1 fully saturated rings. The van der Waals surface area contributed by atoms with Crippen LogP contribution in [0.2, 0.25) is 0 Å². The first-order valence-electron chi connectivity index (χ1n) is 8.78. The second-order valence-corrected chi connectivity index (χ2v) is 8.64. The first-order valence-corrected chi connectivity index (χ1v) is 10.2. The van der Waals surface area contributed by atoms with Crippen molar-refractivity contribution in [2.45, 2.75) is 44.4 Å². The van der Waals surface area contributed by atoms with Gasteiger partial charge < -0.3 is 4.90 Å². The van der Waals surface area contributed by atoms with Gasteiger partial charge >= 0.3 is 0 Å². The molecule has 0 N–H and O–H groups in total. The SMILES string of the molecule is CCCCN(C)C(=O)C1CCN(S(=O)(=O)c2ccc(F)c(C)c2)CC1. The average Bonchev–Trinajstić information content (AvgIpc) is 2.61. The Morgan fingerprint density at radius 3 is 2.52 bits per heavy atom. The van der Waals surface area contributed by atoms with E-state index in [1.165, 1.54) is 22.5 Å². The van der Waals surface area contributed by atoms with Gasteiger partial charge in [-0.3, -0.25) is 4.79 Å². The molecule has 140 valence electrons. The standard InChI is InChI=1S/C18H27FN2O3S/c1-4-5-10-20(3)18(22)15-8-11-21(12-9-15)25(23,24)16-6-7-17(19)14(2)13-16/h6-7,13,15H,4-5,8-12H2,1-3H3. The third-order valence-corrected chi connectivity index (χ3v) is 6.69. The maximum absolute atomic E-state index is 13.4. The molecule has 25 heavy (non-hydrogen) atoms. The number of nitrogens with zero attached hydrogens (tertiary/aromatic N) is 2. The molecule has 0 spiro atoms. The Morgan fingerprint density at radius 1 is 1.32 bits per heavy atom. The minimum absolute atomic E-state index is 0.100. The highest BCUT2D eigenvalue weighted by molar-refractivity contribution is 7.89. The molecule has 1 aliphatic rings. The second kappa shape index (κ2) is 8.27. The molecule has 0 bridgehead atoms. The number of hydrogen-bond donors (Lipinski definition) is 0. The fourth-order valence-corrected chi connectivity index (χ4v) is 4.64. The van der Waals surface area contributed by atoms with Crippen LogP contribution in [-0.2, 0) is 14.8 Å². The summed E-state index contributed by atoms with van der Waals surface area (Å²) in [5.74, 6) is -0.440. The smallest absolute Gasteiger partial charge is 0.243 e. The Labute approximate surface area is 149 Å². The van der Waals surface area contributed by atoms with Crippen molar-refractivity contribution in [2.24, 2.45) is 5.92 Å². The van der Waals surface area contributed by atoms with Gasteiger partial charge in [0.15, 0.2) is 0 Å². The van der Waals surface area contributed by atoms with Gasteiger partial charge in [0.2, 0.25) is 15.9 Å². The molecular formula is C18H27FN2O3S. The van der Waals surface area contributed by atoms with Crippen LogP contribution in [0.5, 0.6) is 0 Å². The predicted molar refractivity (Wildman–Crippen MR) is 95.2 cm³/mol. The number of aryl methyl sites for hydroxylation is 1. The van der Waals surface area contributed by atoms with E-state index in [0.717, 1.165) is 19.4 Å². The number of halogens is 1. The van der Waals surface area contributed by atoms with Gasteiger partial charge in [0.1, 0.15) is 5.82 Å². The highest BCUT2D eigenvalue weighted by Gasteiger charge is 2.33. The van der Waals surface area contributed by atoms with Crippen LogP contribution >= 0.6 is 0 Å². The number of hydrogen-bond acceptors (Lipinski definition) is 3. The van der Waals surface area contributed by atoms with Crippen LogP contribution < -0.4 is 0 Å². The molecule has 0 aromatic heterocycles. The Balaban J connectivity index is 2.01. The molecular weight excluding hydrogens is 343 g/mol. The lowest BCUT2D eigenvalue weighted by Crippen LogP contribution is -2.43. The van der Waals surface area contributed by atoms with Gasteiger partial charge in [0, 0.05) is 32.6 Å². The van der Waals surface area contributed by atoms with Crippen LogP contribution in [0.4, 0.5) is 4.39 Å². The zero-order valence-electron chi connectivity index (χ0n) is 15.2. The molecule has 0 saturated carbocycles. The van der Waals surface area contributed by atoms with Crippen LogP contribution in [0.15, 0.2) is 23.1 Å². The summed E-state index contributed by atoms with van der Waals surface area (Å²) in [4.78, 5) is 14.3. The van der Waals surface area contributed by atoms with Gasteiger partial charge in [-0.15, -0.1) is 0 Å². The summed E-state index contributed by atoms with van der Waals surface area (Å²) in [6, 6.07) is 3.84. The van der Waals surface area contributed by atoms with Gasteiger partial charge in [-0.05, 0) is 49.9 Å². The zero-order chi connectivity index (χ0) is 18.6. The minimum atomic E-state index is -3.64. The van der Waals surface area contributed by atoms with Crippen LogP contribution in [0.25, 0.3) is 0 Å². The molecule has 0 unspecified atom stereocenters. The molecule has 5 nitrogen and oxygen atoms in total. The van der Waals surface area contributed by atoms with Crippen molar-refractivity contribution in [3.8, 4) is 0 Å². The van der Waals surface area contributed by atoms with E-state index >= 15 is 0 Å². The number of amides is 1. The molecule has 0 atom stereocenters. The van der Waals surface area contributed by atoms with E-state index in [-0.39, 0.29) is 16.7 Å². The minimum Gasteiger partial charge on any atom is -0.346 e. The third-order valence-electron chi connectivity index (χ3n) is 4.79. The summed E-state index contributed by atoms with van der Waals surface area (Å²) in [5.41, 5.74) is 0.309. The first kappa shape index (κ1) is 19.8. The van der Waals surface area contributed by atoms with Crippen LogP contribution in [0.1, 0.15) is 38.2 Å². The molecule has 1 amide bonds. The number of piperidine rings is 1. The van der Waals surface area contributed by atoms with Crippen molar-refractivity contribution < 1.29 is 17.6 Å².